The molecule has 3 aromatic carbocycles. The second-order valence-corrected chi connectivity index (χ2v) is 10.9. The second kappa shape index (κ2) is 10.4. The number of fused-ring (bicyclic) bond motifs is 1. The van der Waals surface area contributed by atoms with E-state index in [4.69, 9.17) is 0 Å². The fraction of sp³-hybridized carbons (Fsp3) is 0.324. The van der Waals surface area contributed by atoms with Gasteiger partial charge in [0.1, 0.15) is 5.82 Å². The minimum atomic E-state index is -0.238. The van der Waals surface area contributed by atoms with E-state index >= 15 is 0 Å². The largest absolute Gasteiger partial charge is 0.295 e. The van der Waals surface area contributed by atoms with Crippen LogP contribution in [0.1, 0.15) is 77.5 Å². The molecular weight excluding hydrogens is 443 g/mol. The van der Waals surface area contributed by atoms with Gasteiger partial charge in [0.15, 0.2) is 5.78 Å². The first-order valence-corrected chi connectivity index (χ1v) is 13.3. The van der Waals surface area contributed by atoms with Gasteiger partial charge in [-0.1, -0.05) is 81.0 Å². The van der Waals surface area contributed by atoms with Crippen LogP contribution >= 0.6 is 0 Å². The van der Waals surface area contributed by atoms with Gasteiger partial charge in [0, 0.05) is 5.92 Å². The van der Waals surface area contributed by atoms with Crippen molar-refractivity contribution in [2.75, 3.05) is 0 Å². The van der Waals surface area contributed by atoms with Gasteiger partial charge in [0.25, 0.3) is 0 Å². The van der Waals surface area contributed by atoms with Gasteiger partial charge in [-0.15, -0.1) is 0 Å². The van der Waals surface area contributed by atoms with E-state index in [1.807, 2.05) is 19.1 Å². The number of allylic oxidation sites excluding steroid dienone is 1. The Morgan fingerprint density at radius 2 is 1.64 bits per heavy atom. The van der Waals surface area contributed by atoms with Gasteiger partial charge in [-0.2, -0.15) is 0 Å². The normalized spacial score (nSPS) is 21.6. The first-order chi connectivity index (χ1) is 17.4. The van der Waals surface area contributed by atoms with Crippen molar-refractivity contribution in [1.29, 1.82) is 0 Å². The number of rotatable bonds is 5. The highest BCUT2D eigenvalue weighted by Gasteiger charge is 2.23. The summed E-state index contributed by atoms with van der Waals surface area (Å²) in [6.45, 7) is 8.69. The van der Waals surface area contributed by atoms with Crippen molar-refractivity contribution >= 4 is 17.4 Å². The number of hydrogen-bond donors (Lipinski definition) is 0. The van der Waals surface area contributed by atoms with E-state index in [1.165, 1.54) is 37.3 Å². The Bertz CT molecular complexity index is 1310. The van der Waals surface area contributed by atoms with Crippen LogP contribution in [0.3, 0.4) is 0 Å². The number of ketones is 1. The molecule has 1 fully saturated rings. The van der Waals surface area contributed by atoms with Crippen LogP contribution in [-0.4, -0.2) is 5.78 Å². The highest BCUT2D eigenvalue weighted by atomic mass is 19.1. The quantitative estimate of drug-likeness (QED) is 0.359. The highest BCUT2D eigenvalue weighted by Crippen LogP contribution is 2.36. The third-order valence-electron chi connectivity index (χ3n) is 8.30. The molecule has 1 atom stereocenters. The third kappa shape index (κ3) is 5.28. The van der Waals surface area contributed by atoms with Crippen LogP contribution in [0.5, 0.6) is 0 Å². The fourth-order valence-electron chi connectivity index (χ4n) is 5.85. The van der Waals surface area contributed by atoms with Crippen molar-refractivity contribution in [2.24, 2.45) is 11.8 Å². The van der Waals surface area contributed by atoms with Gasteiger partial charge in [0.2, 0.25) is 0 Å². The molecule has 0 radical (unpaired) electrons. The van der Waals surface area contributed by atoms with Gasteiger partial charge in [0.05, 0.1) is 0 Å². The predicted octanol–water partition coefficient (Wildman–Crippen LogP) is 8.49. The molecule has 1 unspecified atom stereocenters. The summed E-state index contributed by atoms with van der Waals surface area (Å²) in [7, 11) is 0. The molecule has 5 rings (SSSR count). The lowest BCUT2D eigenvalue weighted by atomic mass is 9.79. The first kappa shape index (κ1) is 24.4. The minimum Gasteiger partial charge on any atom is -0.295 e. The SMILES string of the molecule is C=C(c1ccc(C2CCC(C)CC2)cc1)c1ccc2c(c1)CC(Cc1ccc(F)cc1C)C(=O)C=C2. The van der Waals surface area contributed by atoms with E-state index in [0.717, 1.165) is 44.9 Å². The maximum Gasteiger partial charge on any atom is 0.159 e. The van der Waals surface area contributed by atoms with E-state index in [1.54, 1.807) is 12.1 Å². The van der Waals surface area contributed by atoms with Crippen molar-refractivity contribution in [3.63, 3.8) is 0 Å². The number of carbonyl (C=O) groups excluding carboxylic acids is 1. The van der Waals surface area contributed by atoms with E-state index in [2.05, 4.69) is 56.0 Å². The molecule has 36 heavy (non-hydrogen) atoms. The van der Waals surface area contributed by atoms with Crippen molar-refractivity contribution in [3.8, 4) is 0 Å². The highest BCUT2D eigenvalue weighted by molar-refractivity contribution is 5.97. The maximum absolute atomic E-state index is 13.6. The predicted molar refractivity (Wildman–Crippen MR) is 147 cm³/mol. The van der Waals surface area contributed by atoms with E-state index < -0.39 is 0 Å². The topological polar surface area (TPSA) is 17.1 Å². The molecule has 2 heteroatoms. The van der Waals surface area contributed by atoms with Gasteiger partial charge < -0.3 is 0 Å². The molecule has 184 valence electrons. The molecule has 0 spiro atoms. The van der Waals surface area contributed by atoms with Gasteiger partial charge in [-0.3, -0.25) is 4.79 Å². The van der Waals surface area contributed by atoms with Crippen LogP contribution in [0, 0.1) is 24.6 Å². The van der Waals surface area contributed by atoms with E-state index in [9.17, 15) is 9.18 Å². The molecule has 1 nitrogen and oxygen atoms in total. The van der Waals surface area contributed by atoms with E-state index in [0.29, 0.717) is 18.8 Å². The minimum absolute atomic E-state index is 0.128. The summed E-state index contributed by atoms with van der Waals surface area (Å²) in [4.78, 5) is 12.9. The molecule has 0 aliphatic heterocycles. The Kier molecular flexibility index (Phi) is 7.05. The summed E-state index contributed by atoms with van der Waals surface area (Å²) in [5.41, 5.74) is 8.85. The van der Waals surface area contributed by atoms with Crippen LogP contribution in [0.2, 0.25) is 0 Å². The summed E-state index contributed by atoms with van der Waals surface area (Å²) in [5, 5.41) is 0. The lowest BCUT2D eigenvalue weighted by Crippen LogP contribution is -2.17. The number of hydrogen-bond acceptors (Lipinski definition) is 1. The van der Waals surface area contributed by atoms with Crippen molar-refractivity contribution in [3.05, 3.63) is 118 Å². The summed E-state index contributed by atoms with van der Waals surface area (Å²) in [5.74, 6) is 1.27. The van der Waals surface area contributed by atoms with Crippen LogP contribution < -0.4 is 0 Å². The molecule has 0 saturated heterocycles. The molecule has 0 heterocycles. The Morgan fingerprint density at radius 3 is 2.36 bits per heavy atom. The molecule has 2 aliphatic carbocycles. The average molecular weight is 479 g/mol. The Morgan fingerprint density at radius 1 is 0.917 bits per heavy atom. The second-order valence-electron chi connectivity index (χ2n) is 10.9. The fourth-order valence-corrected chi connectivity index (χ4v) is 5.85. The van der Waals surface area contributed by atoms with Crippen LogP contribution in [0.15, 0.2) is 73.3 Å². The van der Waals surface area contributed by atoms with Gasteiger partial charge >= 0.3 is 0 Å². The first-order valence-electron chi connectivity index (χ1n) is 13.3. The standard InChI is InChI=1S/C34H35FO/c1-22-4-6-26(7-5-22)27-10-8-25(9-11-27)24(3)30-13-12-28-15-17-34(36)32(21-31(28)20-30)19-29-14-16-33(35)18-23(29)2/h8-18,20,22,26,32H,3-7,19,21H2,1-2H3. The molecular formula is C34H35FO. The number of aryl methyl sites for hydroxylation is 1. The van der Waals surface area contributed by atoms with Crippen molar-refractivity contribution in [2.45, 2.75) is 58.3 Å². The van der Waals surface area contributed by atoms with Crippen molar-refractivity contribution in [1.82, 2.24) is 0 Å². The van der Waals surface area contributed by atoms with E-state index in [-0.39, 0.29) is 17.5 Å². The molecule has 3 aromatic rings. The number of carbonyl (C=O) groups is 1. The van der Waals surface area contributed by atoms with Crippen molar-refractivity contribution < 1.29 is 9.18 Å². The smallest absolute Gasteiger partial charge is 0.159 e. The molecule has 0 N–H and O–H groups in total. The average Bonchev–Trinajstić information content (AvgIpc) is 3.04. The molecule has 0 bridgehead atoms. The zero-order valence-electron chi connectivity index (χ0n) is 21.4. The summed E-state index contributed by atoms with van der Waals surface area (Å²) < 4.78 is 13.6. The van der Waals surface area contributed by atoms with Gasteiger partial charge in [-0.05, 0) is 107 Å². The van der Waals surface area contributed by atoms with Gasteiger partial charge in [-0.25, -0.2) is 4.39 Å². The monoisotopic (exact) mass is 478 g/mol. The van der Waals surface area contributed by atoms with Crippen LogP contribution in [0.4, 0.5) is 4.39 Å². The Balaban J connectivity index is 1.34. The summed E-state index contributed by atoms with van der Waals surface area (Å²) in [6, 6.07) is 20.2. The van der Waals surface area contributed by atoms with Crippen LogP contribution in [0.25, 0.3) is 11.6 Å². The zero-order chi connectivity index (χ0) is 25.2. The molecule has 0 aromatic heterocycles. The van der Waals surface area contributed by atoms with Crippen LogP contribution in [-0.2, 0) is 17.6 Å². The number of halogens is 1. The number of benzene rings is 3. The maximum atomic E-state index is 13.6. The molecule has 2 aliphatic rings. The molecule has 0 amide bonds. The lowest BCUT2D eigenvalue weighted by molar-refractivity contribution is -0.118. The lowest BCUT2D eigenvalue weighted by Gasteiger charge is -2.26. The zero-order valence-corrected chi connectivity index (χ0v) is 21.4. The molecule has 1 saturated carbocycles. The Hall–Kier alpha value is -3.26. The summed E-state index contributed by atoms with van der Waals surface area (Å²) in [6.07, 6.45) is 10.1. The summed E-state index contributed by atoms with van der Waals surface area (Å²) >= 11 is 0. The third-order valence-corrected chi connectivity index (χ3v) is 8.30. The Labute approximate surface area is 214 Å².